The van der Waals surface area contributed by atoms with E-state index in [-0.39, 0.29) is 11.3 Å². The molecule has 1 rings (SSSR count). The van der Waals surface area contributed by atoms with Crippen LogP contribution in [-0.2, 0) is 4.79 Å². The molecule has 0 bridgehead atoms. The number of unbranched alkanes of at least 4 members (excludes halogenated alkanes) is 1. The second-order valence-corrected chi connectivity index (χ2v) is 4.77. The van der Waals surface area contributed by atoms with E-state index in [2.05, 4.69) is 17.2 Å². The number of aliphatic carboxylic acids is 1. The lowest BCUT2D eigenvalue weighted by Gasteiger charge is -2.09. The lowest BCUT2D eigenvalue weighted by molar-refractivity contribution is -0.132. The van der Waals surface area contributed by atoms with Gasteiger partial charge >= 0.3 is 12.0 Å². The monoisotopic (exact) mass is 292 g/mol. The number of hydrogen-bond donors (Lipinski definition) is 4. The van der Waals surface area contributed by atoms with Gasteiger partial charge in [0.2, 0.25) is 0 Å². The number of aryl methyl sites for hydroxylation is 1. The molecule has 21 heavy (non-hydrogen) atoms. The molecule has 4 N–H and O–H groups in total. The fraction of sp³-hybridized carbons (Fsp3) is 0.333. The first-order chi connectivity index (χ1) is 9.90. The first kappa shape index (κ1) is 16.6. The molecular formula is C15H20N2O4. The van der Waals surface area contributed by atoms with Crippen LogP contribution < -0.4 is 10.6 Å². The highest BCUT2D eigenvalue weighted by atomic mass is 16.4. The van der Waals surface area contributed by atoms with Gasteiger partial charge in [0.25, 0.3) is 0 Å². The van der Waals surface area contributed by atoms with Gasteiger partial charge in [-0.2, -0.15) is 0 Å². The zero-order chi connectivity index (χ0) is 15.8. The summed E-state index contributed by atoms with van der Waals surface area (Å²) < 4.78 is 0. The quantitative estimate of drug-likeness (QED) is 0.353. The molecule has 0 heterocycles. The van der Waals surface area contributed by atoms with Crippen molar-refractivity contribution in [2.24, 2.45) is 0 Å². The van der Waals surface area contributed by atoms with Crippen LogP contribution in [0.15, 0.2) is 30.4 Å². The number of phenolic OH excluding ortho intramolecular Hbond substituents is 1. The molecule has 0 spiro atoms. The Hall–Kier alpha value is -2.50. The van der Waals surface area contributed by atoms with E-state index in [1.807, 2.05) is 6.92 Å². The fourth-order valence-electron chi connectivity index (χ4n) is 1.69. The van der Waals surface area contributed by atoms with Crippen molar-refractivity contribution in [1.29, 1.82) is 0 Å². The summed E-state index contributed by atoms with van der Waals surface area (Å²) in [5.41, 5.74) is 1.45. The van der Waals surface area contributed by atoms with Gasteiger partial charge in [-0.1, -0.05) is 12.6 Å². The van der Waals surface area contributed by atoms with E-state index in [9.17, 15) is 14.7 Å². The Morgan fingerprint density at radius 1 is 1.29 bits per heavy atom. The third-order valence-corrected chi connectivity index (χ3v) is 2.89. The number of phenols is 1. The Labute approximate surface area is 123 Å². The van der Waals surface area contributed by atoms with Crippen molar-refractivity contribution >= 4 is 17.7 Å². The number of hydrogen-bond acceptors (Lipinski definition) is 3. The van der Waals surface area contributed by atoms with Crippen LogP contribution in [0.3, 0.4) is 0 Å². The van der Waals surface area contributed by atoms with Crippen LogP contribution in [0.25, 0.3) is 0 Å². The number of carbonyl (C=O) groups is 2. The molecule has 0 aliphatic heterocycles. The minimum atomic E-state index is -0.990. The van der Waals surface area contributed by atoms with Crippen molar-refractivity contribution in [2.75, 3.05) is 11.9 Å². The van der Waals surface area contributed by atoms with E-state index in [1.54, 1.807) is 12.1 Å². The van der Waals surface area contributed by atoms with E-state index in [4.69, 9.17) is 5.11 Å². The highest BCUT2D eigenvalue weighted by Gasteiger charge is 2.06. The third kappa shape index (κ3) is 5.99. The van der Waals surface area contributed by atoms with Crippen molar-refractivity contribution in [3.8, 4) is 5.75 Å². The van der Waals surface area contributed by atoms with Gasteiger partial charge in [0, 0.05) is 12.1 Å². The maximum absolute atomic E-state index is 11.6. The second-order valence-electron chi connectivity index (χ2n) is 4.77. The standard InChI is InChI=1S/C15H20N2O4/c1-10-6-7-13(18)12(9-10)17-15(21)16-8-4-3-5-11(2)14(19)20/h6-7,9,18H,2-5,8H2,1H3,(H,19,20)(H2,16,17,21). The van der Waals surface area contributed by atoms with E-state index in [1.165, 1.54) is 6.07 Å². The molecule has 0 saturated heterocycles. The number of carbonyl (C=O) groups excluding carboxylic acids is 1. The Morgan fingerprint density at radius 2 is 2.00 bits per heavy atom. The van der Waals surface area contributed by atoms with Gasteiger partial charge in [0.15, 0.2) is 0 Å². The predicted octanol–water partition coefficient (Wildman–Crippen LogP) is 2.63. The van der Waals surface area contributed by atoms with E-state index >= 15 is 0 Å². The molecule has 2 amide bonds. The minimum Gasteiger partial charge on any atom is -0.506 e. The average molecular weight is 292 g/mol. The molecule has 0 aliphatic rings. The molecule has 0 unspecified atom stereocenters. The van der Waals surface area contributed by atoms with Gasteiger partial charge in [0.1, 0.15) is 5.75 Å². The lowest BCUT2D eigenvalue weighted by atomic mass is 10.1. The molecular weight excluding hydrogens is 272 g/mol. The van der Waals surface area contributed by atoms with E-state index in [0.29, 0.717) is 31.5 Å². The van der Waals surface area contributed by atoms with Crippen LogP contribution in [0, 0.1) is 6.92 Å². The number of carboxylic acids is 1. The number of anilines is 1. The zero-order valence-corrected chi connectivity index (χ0v) is 12.0. The normalized spacial score (nSPS) is 9.95. The molecule has 0 atom stereocenters. The summed E-state index contributed by atoms with van der Waals surface area (Å²) in [4.78, 5) is 22.2. The van der Waals surface area contributed by atoms with Gasteiger partial charge in [-0.25, -0.2) is 9.59 Å². The van der Waals surface area contributed by atoms with E-state index < -0.39 is 12.0 Å². The summed E-state index contributed by atoms with van der Waals surface area (Å²) >= 11 is 0. The lowest BCUT2D eigenvalue weighted by Crippen LogP contribution is -2.29. The van der Waals surface area contributed by atoms with Gasteiger partial charge in [-0.3, -0.25) is 0 Å². The van der Waals surface area contributed by atoms with Crippen LogP contribution in [0.4, 0.5) is 10.5 Å². The van der Waals surface area contributed by atoms with Crippen LogP contribution in [0.5, 0.6) is 5.75 Å². The molecule has 0 aromatic heterocycles. The summed E-state index contributed by atoms with van der Waals surface area (Å²) in [6.07, 6.45) is 1.69. The molecule has 1 aromatic carbocycles. The SMILES string of the molecule is C=C(CCCCNC(=O)Nc1cc(C)ccc1O)C(=O)O. The second kappa shape index (κ2) is 7.94. The molecule has 6 heteroatoms. The summed E-state index contributed by atoms with van der Waals surface area (Å²) in [7, 11) is 0. The van der Waals surface area contributed by atoms with Crippen molar-refractivity contribution in [1.82, 2.24) is 5.32 Å². The maximum atomic E-state index is 11.6. The van der Waals surface area contributed by atoms with Crippen molar-refractivity contribution in [2.45, 2.75) is 26.2 Å². The first-order valence-corrected chi connectivity index (χ1v) is 6.65. The van der Waals surface area contributed by atoms with Gasteiger partial charge in [-0.15, -0.1) is 0 Å². The number of benzene rings is 1. The summed E-state index contributed by atoms with van der Waals surface area (Å²) in [6.45, 7) is 5.71. The van der Waals surface area contributed by atoms with Crippen LogP contribution in [-0.4, -0.2) is 28.8 Å². The molecule has 1 aromatic rings. The Kier molecular flexibility index (Phi) is 6.26. The van der Waals surface area contributed by atoms with Gasteiger partial charge in [0.05, 0.1) is 5.69 Å². The van der Waals surface area contributed by atoms with Crippen molar-refractivity contribution in [3.63, 3.8) is 0 Å². The molecule has 0 fully saturated rings. The Bertz CT molecular complexity index is 540. The third-order valence-electron chi connectivity index (χ3n) is 2.89. The largest absolute Gasteiger partial charge is 0.506 e. The number of nitrogens with one attached hydrogen (secondary N) is 2. The number of rotatable bonds is 7. The van der Waals surface area contributed by atoms with Crippen LogP contribution in [0.1, 0.15) is 24.8 Å². The smallest absolute Gasteiger partial charge is 0.330 e. The number of carboxylic acid groups (broad SMARTS) is 1. The van der Waals surface area contributed by atoms with Gasteiger partial charge < -0.3 is 20.8 Å². The summed E-state index contributed by atoms with van der Waals surface area (Å²) in [6, 6.07) is 4.52. The molecule has 114 valence electrons. The summed E-state index contributed by atoms with van der Waals surface area (Å²) in [5, 5.41) is 23.4. The number of aromatic hydroxyl groups is 1. The van der Waals surface area contributed by atoms with Gasteiger partial charge in [-0.05, 0) is 43.9 Å². The molecule has 0 saturated carbocycles. The Morgan fingerprint density at radius 3 is 2.67 bits per heavy atom. The minimum absolute atomic E-state index is 0.00788. The molecule has 0 radical (unpaired) electrons. The highest BCUT2D eigenvalue weighted by molar-refractivity contribution is 5.90. The van der Waals surface area contributed by atoms with Crippen LogP contribution >= 0.6 is 0 Å². The van der Waals surface area contributed by atoms with E-state index in [0.717, 1.165) is 5.56 Å². The highest BCUT2D eigenvalue weighted by Crippen LogP contribution is 2.23. The maximum Gasteiger partial charge on any atom is 0.330 e. The Balaban J connectivity index is 2.27. The van der Waals surface area contributed by atoms with Crippen LogP contribution in [0.2, 0.25) is 0 Å². The zero-order valence-electron chi connectivity index (χ0n) is 12.0. The fourth-order valence-corrected chi connectivity index (χ4v) is 1.69. The summed E-state index contributed by atoms with van der Waals surface area (Å²) in [5.74, 6) is -0.982. The van der Waals surface area contributed by atoms with Crippen molar-refractivity contribution < 1.29 is 19.8 Å². The number of amides is 2. The predicted molar refractivity (Wildman–Crippen MR) is 80.5 cm³/mol. The average Bonchev–Trinajstić information content (AvgIpc) is 2.42. The topological polar surface area (TPSA) is 98.7 Å². The first-order valence-electron chi connectivity index (χ1n) is 6.65. The molecule has 6 nitrogen and oxygen atoms in total. The van der Waals surface area contributed by atoms with Crippen molar-refractivity contribution in [3.05, 3.63) is 35.9 Å². The molecule has 0 aliphatic carbocycles. The number of urea groups is 1.